The lowest BCUT2D eigenvalue weighted by atomic mass is 10.2. The fourth-order valence-electron chi connectivity index (χ4n) is 1.42. The number of carbonyl (C=O) groups is 2. The van der Waals surface area contributed by atoms with Crippen LogP contribution in [0.15, 0.2) is 0 Å². The molecule has 0 aromatic rings. The molecular formula is C11H18O9. The van der Waals surface area contributed by atoms with E-state index in [9.17, 15) is 14.7 Å². The Kier molecular flexibility index (Phi) is 6.82. The lowest BCUT2D eigenvalue weighted by Crippen LogP contribution is -2.43. The largest absolute Gasteiger partial charge is 0.398 e. The third kappa shape index (κ3) is 5.39. The number of cyclic esters (lactones) is 2. The highest BCUT2D eigenvalue weighted by atomic mass is 16.9. The molecule has 1 aliphatic heterocycles. The van der Waals surface area contributed by atoms with E-state index in [1.54, 1.807) is 0 Å². The van der Waals surface area contributed by atoms with Gasteiger partial charge in [-0.3, -0.25) is 4.79 Å². The van der Waals surface area contributed by atoms with Crippen LogP contribution in [0.1, 0.15) is 6.42 Å². The van der Waals surface area contributed by atoms with E-state index in [4.69, 9.17) is 19.3 Å². The summed E-state index contributed by atoms with van der Waals surface area (Å²) in [5, 5.41) is 18.3. The topological polar surface area (TPSA) is 121 Å². The highest BCUT2D eigenvalue weighted by molar-refractivity contribution is 5.83. The number of esters is 2. The average Bonchev–Trinajstić information content (AvgIpc) is 2.49. The van der Waals surface area contributed by atoms with Crippen LogP contribution >= 0.6 is 0 Å². The van der Waals surface area contributed by atoms with Crippen LogP contribution in [0.4, 0.5) is 0 Å². The third-order valence-electron chi connectivity index (χ3n) is 2.32. The molecule has 9 nitrogen and oxygen atoms in total. The Morgan fingerprint density at radius 1 is 1.25 bits per heavy atom. The Morgan fingerprint density at radius 2 is 1.95 bits per heavy atom. The summed E-state index contributed by atoms with van der Waals surface area (Å²) in [4.78, 5) is 22.9. The molecule has 0 aromatic carbocycles. The first kappa shape index (κ1) is 16.8. The number of aliphatic hydroxyl groups excluding tert-OH is 1. The minimum atomic E-state index is -2.47. The fourth-order valence-corrected chi connectivity index (χ4v) is 1.42. The maximum Gasteiger partial charge on any atom is 0.398 e. The molecule has 2 N–H and O–H groups in total. The summed E-state index contributed by atoms with van der Waals surface area (Å²) in [6, 6.07) is 0. The standard InChI is InChI=1S/C11H18O9/c1-16-8-6-9(13)19-11(15,20-10(8)14)7-18-5-4-17-3-2-12/h8,12,15H,2-7H2,1H3. The monoisotopic (exact) mass is 294 g/mol. The molecule has 1 aliphatic rings. The van der Waals surface area contributed by atoms with Crippen LogP contribution in [-0.2, 0) is 33.3 Å². The molecule has 0 aliphatic carbocycles. The second-order valence-electron chi connectivity index (χ2n) is 3.92. The van der Waals surface area contributed by atoms with E-state index in [1.807, 2.05) is 0 Å². The number of hydrogen-bond donors (Lipinski definition) is 2. The molecule has 1 saturated heterocycles. The predicted octanol–water partition coefficient (Wildman–Crippen LogP) is -1.84. The minimum Gasteiger partial charge on any atom is -0.396 e. The molecule has 20 heavy (non-hydrogen) atoms. The molecule has 1 rings (SSSR count). The van der Waals surface area contributed by atoms with Crippen LogP contribution in [0.3, 0.4) is 0 Å². The van der Waals surface area contributed by atoms with E-state index in [2.05, 4.69) is 9.47 Å². The average molecular weight is 294 g/mol. The van der Waals surface area contributed by atoms with Crippen LogP contribution in [-0.4, -0.2) is 74.4 Å². The number of ether oxygens (including phenoxy) is 5. The summed E-state index contributed by atoms with van der Waals surface area (Å²) < 4.78 is 23.9. The smallest absolute Gasteiger partial charge is 0.396 e. The van der Waals surface area contributed by atoms with Crippen molar-refractivity contribution in [2.24, 2.45) is 0 Å². The van der Waals surface area contributed by atoms with Crippen LogP contribution in [0.5, 0.6) is 0 Å². The quantitative estimate of drug-likeness (QED) is 0.393. The summed E-state index contributed by atoms with van der Waals surface area (Å²) in [6.07, 6.45) is -1.47. The number of carbonyl (C=O) groups excluding carboxylic acids is 2. The van der Waals surface area contributed by atoms with E-state index >= 15 is 0 Å². The van der Waals surface area contributed by atoms with Crippen LogP contribution in [0, 0.1) is 0 Å². The van der Waals surface area contributed by atoms with E-state index in [0.29, 0.717) is 0 Å². The molecule has 0 bridgehead atoms. The summed E-state index contributed by atoms with van der Waals surface area (Å²) in [6.45, 7) is -0.279. The van der Waals surface area contributed by atoms with Crippen molar-refractivity contribution < 1.29 is 43.5 Å². The maximum absolute atomic E-state index is 11.5. The Labute approximate surface area is 115 Å². The fraction of sp³-hybridized carbons (Fsp3) is 0.818. The molecule has 2 unspecified atom stereocenters. The minimum absolute atomic E-state index is 0.0606. The van der Waals surface area contributed by atoms with Crippen molar-refractivity contribution in [1.29, 1.82) is 0 Å². The molecular weight excluding hydrogens is 276 g/mol. The van der Waals surface area contributed by atoms with Gasteiger partial charge in [-0.2, -0.15) is 0 Å². The molecule has 0 radical (unpaired) electrons. The van der Waals surface area contributed by atoms with Gasteiger partial charge in [0.05, 0.1) is 32.8 Å². The van der Waals surface area contributed by atoms with Crippen molar-refractivity contribution in [3.05, 3.63) is 0 Å². The highest BCUT2D eigenvalue weighted by Crippen LogP contribution is 2.19. The zero-order chi connectivity index (χ0) is 15.0. The summed E-state index contributed by atoms with van der Waals surface area (Å²) in [5.74, 6) is -4.23. The predicted molar refractivity (Wildman–Crippen MR) is 61.3 cm³/mol. The Bertz CT molecular complexity index is 332. The summed E-state index contributed by atoms with van der Waals surface area (Å²) in [7, 11) is 1.23. The highest BCUT2D eigenvalue weighted by Gasteiger charge is 2.43. The van der Waals surface area contributed by atoms with E-state index in [-0.39, 0.29) is 32.8 Å². The molecule has 1 heterocycles. The van der Waals surface area contributed by atoms with Crippen LogP contribution in [0.25, 0.3) is 0 Å². The van der Waals surface area contributed by atoms with Crippen molar-refractivity contribution in [1.82, 2.24) is 0 Å². The van der Waals surface area contributed by atoms with Gasteiger partial charge in [0.2, 0.25) is 0 Å². The van der Waals surface area contributed by atoms with Gasteiger partial charge < -0.3 is 33.9 Å². The number of rotatable bonds is 8. The van der Waals surface area contributed by atoms with Gasteiger partial charge >= 0.3 is 17.9 Å². The van der Waals surface area contributed by atoms with E-state index in [1.165, 1.54) is 7.11 Å². The first-order valence-corrected chi connectivity index (χ1v) is 5.97. The first-order chi connectivity index (χ1) is 9.50. The third-order valence-corrected chi connectivity index (χ3v) is 2.32. The molecule has 2 atom stereocenters. The SMILES string of the molecule is COC1CC(=O)OC(O)(COCCOCCO)OC1=O. The second-order valence-corrected chi connectivity index (χ2v) is 3.92. The van der Waals surface area contributed by atoms with Gasteiger partial charge in [0, 0.05) is 7.11 Å². The Balaban J connectivity index is 2.41. The summed E-state index contributed by atoms with van der Waals surface area (Å²) in [5.41, 5.74) is 0. The lowest BCUT2D eigenvalue weighted by molar-refractivity contribution is -0.338. The van der Waals surface area contributed by atoms with Gasteiger partial charge in [-0.15, -0.1) is 0 Å². The summed E-state index contributed by atoms with van der Waals surface area (Å²) >= 11 is 0. The zero-order valence-electron chi connectivity index (χ0n) is 11.1. The Morgan fingerprint density at radius 3 is 2.60 bits per heavy atom. The van der Waals surface area contributed by atoms with Crippen LogP contribution in [0.2, 0.25) is 0 Å². The molecule has 116 valence electrons. The van der Waals surface area contributed by atoms with Gasteiger partial charge in [0.25, 0.3) is 0 Å². The normalized spacial score (nSPS) is 26.9. The molecule has 1 fully saturated rings. The number of aliphatic hydroxyl groups is 2. The van der Waals surface area contributed by atoms with Crippen molar-refractivity contribution in [3.8, 4) is 0 Å². The van der Waals surface area contributed by atoms with Crippen molar-refractivity contribution in [2.75, 3.05) is 40.1 Å². The van der Waals surface area contributed by atoms with Gasteiger partial charge in [0.15, 0.2) is 12.7 Å². The van der Waals surface area contributed by atoms with Gasteiger partial charge in [0.1, 0.15) is 0 Å². The lowest BCUT2D eigenvalue weighted by Gasteiger charge is -2.24. The molecule has 0 spiro atoms. The van der Waals surface area contributed by atoms with Crippen molar-refractivity contribution in [2.45, 2.75) is 18.5 Å². The van der Waals surface area contributed by atoms with E-state index in [0.717, 1.165) is 0 Å². The van der Waals surface area contributed by atoms with Gasteiger partial charge in [-0.25, -0.2) is 4.79 Å². The van der Waals surface area contributed by atoms with Crippen LogP contribution < -0.4 is 0 Å². The van der Waals surface area contributed by atoms with Gasteiger partial charge in [-0.05, 0) is 0 Å². The van der Waals surface area contributed by atoms with Crippen molar-refractivity contribution in [3.63, 3.8) is 0 Å². The second kappa shape index (κ2) is 8.12. The zero-order valence-corrected chi connectivity index (χ0v) is 11.1. The van der Waals surface area contributed by atoms with E-state index < -0.39 is 30.6 Å². The first-order valence-electron chi connectivity index (χ1n) is 5.97. The maximum atomic E-state index is 11.5. The molecule has 9 heteroatoms. The Hall–Kier alpha value is -1.26. The van der Waals surface area contributed by atoms with Crippen molar-refractivity contribution >= 4 is 11.9 Å². The molecule has 0 aromatic heterocycles. The molecule has 0 saturated carbocycles. The molecule has 0 amide bonds. The number of hydrogen-bond acceptors (Lipinski definition) is 9. The number of methoxy groups -OCH3 is 1. The van der Waals surface area contributed by atoms with Gasteiger partial charge in [-0.1, -0.05) is 0 Å².